The van der Waals surface area contributed by atoms with Crippen LogP contribution in [-0.2, 0) is 17.1 Å². The zero-order valence-electron chi connectivity index (χ0n) is 14.5. The average molecular weight is 390 g/mol. The van der Waals surface area contributed by atoms with E-state index in [0.717, 1.165) is 36.1 Å². The van der Waals surface area contributed by atoms with E-state index in [-0.39, 0.29) is 10.9 Å². The largest absolute Gasteiger partial charge is 0.330 e. The molecule has 0 unspecified atom stereocenters. The number of benzene rings is 2. The molecule has 1 aromatic heterocycles. The zero-order chi connectivity index (χ0) is 18.3. The van der Waals surface area contributed by atoms with Crippen LogP contribution in [0.15, 0.2) is 53.4 Å². The number of sulfonamides is 1. The molecule has 1 atom stereocenters. The average Bonchev–Trinajstić information content (AvgIpc) is 2.99. The third kappa shape index (κ3) is 2.92. The topological polar surface area (TPSA) is 55.2 Å². The van der Waals surface area contributed by atoms with E-state index >= 15 is 0 Å². The van der Waals surface area contributed by atoms with E-state index in [9.17, 15) is 8.42 Å². The number of imidazole rings is 1. The molecule has 2 aromatic carbocycles. The Labute approximate surface area is 158 Å². The Morgan fingerprint density at radius 3 is 2.69 bits per heavy atom. The van der Waals surface area contributed by atoms with E-state index in [1.54, 1.807) is 22.5 Å². The maximum absolute atomic E-state index is 13.3. The molecule has 1 aliphatic rings. The fourth-order valence-corrected chi connectivity index (χ4v) is 5.63. The smallest absolute Gasteiger partial charge is 0.243 e. The van der Waals surface area contributed by atoms with Gasteiger partial charge in [0.25, 0.3) is 0 Å². The minimum atomic E-state index is -3.64. The number of aryl methyl sites for hydroxylation is 1. The van der Waals surface area contributed by atoms with Gasteiger partial charge in [-0.25, -0.2) is 13.4 Å². The molecule has 0 aliphatic carbocycles. The van der Waals surface area contributed by atoms with E-state index in [2.05, 4.69) is 0 Å². The molecular weight excluding hydrogens is 370 g/mol. The third-order valence-electron chi connectivity index (χ3n) is 4.98. The highest BCUT2D eigenvalue weighted by molar-refractivity contribution is 7.89. The molecule has 1 fully saturated rings. The van der Waals surface area contributed by atoms with E-state index < -0.39 is 10.0 Å². The second kappa shape index (κ2) is 6.68. The molecule has 0 bridgehead atoms. The van der Waals surface area contributed by atoms with Gasteiger partial charge >= 0.3 is 0 Å². The monoisotopic (exact) mass is 389 g/mol. The number of piperidine rings is 1. The Bertz CT molecular complexity index is 1060. The van der Waals surface area contributed by atoms with Gasteiger partial charge in [-0.1, -0.05) is 36.2 Å². The fraction of sp³-hybridized carbons (Fsp3) is 0.316. The minimum absolute atomic E-state index is 0.232. The highest BCUT2D eigenvalue weighted by atomic mass is 35.5. The highest BCUT2D eigenvalue weighted by Gasteiger charge is 2.36. The second-order valence-electron chi connectivity index (χ2n) is 6.60. The van der Waals surface area contributed by atoms with Crippen molar-refractivity contribution in [3.05, 3.63) is 59.4 Å². The lowest BCUT2D eigenvalue weighted by atomic mass is 10.0. The van der Waals surface area contributed by atoms with Crippen molar-refractivity contribution >= 4 is 32.7 Å². The van der Waals surface area contributed by atoms with E-state index in [1.165, 1.54) is 6.07 Å². The van der Waals surface area contributed by atoms with Gasteiger partial charge in [0.2, 0.25) is 10.0 Å². The minimum Gasteiger partial charge on any atom is -0.330 e. The summed E-state index contributed by atoms with van der Waals surface area (Å²) >= 11 is 6.02. The number of nitrogens with zero attached hydrogens (tertiary/aromatic N) is 3. The second-order valence-corrected chi connectivity index (χ2v) is 8.93. The van der Waals surface area contributed by atoms with Crippen LogP contribution in [0.5, 0.6) is 0 Å². The first kappa shape index (κ1) is 17.5. The molecule has 0 radical (unpaired) electrons. The van der Waals surface area contributed by atoms with Gasteiger partial charge in [-0.05, 0) is 43.2 Å². The van der Waals surface area contributed by atoms with Crippen LogP contribution in [0.2, 0.25) is 5.02 Å². The maximum Gasteiger partial charge on any atom is 0.243 e. The van der Waals surface area contributed by atoms with Crippen molar-refractivity contribution in [1.29, 1.82) is 0 Å². The van der Waals surface area contributed by atoms with Gasteiger partial charge in [-0.15, -0.1) is 0 Å². The Morgan fingerprint density at radius 1 is 1.12 bits per heavy atom. The molecular formula is C19H20ClN3O2S. The number of hydrogen-bond donors (Lipinski definition) is 0. The van der Waals surface area contributed by atoms with Crippen LogP contribution in [-0.4, -0.2) is 28.8 Å². The lowest BCUT2D eigenvalue weighted by Gasteiger charge is -2.34. The van der Waals surface area contributed by atoms with Crippen LogP contribution in [0.25, 0.3) is 11.0 Å². The fourth-order valence-electron chi connectivity index (χ4n) is 3.68. The summed E-state index contributed by atoms with van der Waals surface area (Å²) in [6, 6.07) is 14.1. The molecule has 1 saturated heterocycles. The summed E-state index contributed by atoms with van der Waals surface area (Å²) in [5, 5.41) is 0.419. The van der Waals surface area contributed by atoms with E-state index in [4.69, 9.17) is 16.6 Å². The summed E-state index contributed by atoms with van der Waals surface area (Å²) in [6.07, 6.45) is 2.59. The Hall–Kier alpha value is -1.89. The molecule has 7 heteroatoms. The van der Waals surface area contributed by atoms with Crippen LogP contribution in [0.3, 0.4) is 0 Å². The molecule has 26 heavy (non-hydrogen) atoms. The van der Waals surface area contributed by atoms with Crippen LogP contribution in [0.1, 0.15) is 31.1 Å². The lowest BCUT2D eigenvalue weighted by molar-refractivity contribution is 0.243. The first-order chi connectivity index (χ1) is 12.5. The van der Waals surface area contributed by atoms with Crippen LogP contribution in [0, 0.1) is 0 Å². The van der Waals surface area contributed by atoms with Crippen molar-refractivity contribution in [3.63, 3.8) is 0 Å². The summed E-state index contributed by atoms with van der Waals surface area (Å²) in [7, 11) is -1.69. The quantitative estimate of drug-likeness (QED) is 0.676. The van der Waals surface area contributed by atoms with E-state index in [0.29, 0.717) is 11.6 Å². The molecule has 136 valence electrons. The van der Waals surface area contributed by atoms with Gasteiger partial charge < -0.3 is 4.57 Å². The van der Waals surface area contributed by atoms with Gasteiger partial charge in [0.05, 0.1) is 22.0 Å². The molecule has 0 spiro atoms. The Kier molecular flexibility index (Phi) is 4.50. The van der Waals surface area contributed by atoms with Crippen molar-refractivity contribution in [3.8, 4) is 0 Å². The number of aromatic nitrogens is 2. The van der Waals surface area contributed by atoms with Crippen LogP contribution >= 0.6 is 11.6 Å². The van der Waals surface area contributed by atoms with Crippen LogP contribution in [0.4, 0.5) is 0 Å². The molecule has 0 amide bonds. The van der Waals surface area contributed by atoms with Crippen molar-refractivity contribution in [2.45, 2.75) is 30.2 Å². The number of fused-ring (bicyclic) bond motifs is 1. The predicted molar refractivity (Wildman–Crippen MR) is 103 cm³/mol. The molecule has 3 aromatic rings. The van der Waals surface area contributed by atoms with Gasteiger partial charge in [-0.3, -0.25) is 0 Å². The van der Waals surface area contributed by atoms with E-state index in [1.807, 2.05) is 35.9 Å². The molecule has 2 heterocycles. The number of hydrogen-bond acceptors (Lipinski definition) is 3. The van der Waals surface area contributed by atoms with Crippen molar-refractivity contribution < 1.29 is 8.42 Å². The SMILES string of the molecule is Cn1c([C@@H]2CCCCN2S(=O)(=O)c2cccc(Cl)c2)nc2ccccc21. The first-order valence-corrected chi connectivity index (χ1v) is 10.5. The molecule has 4 rings (SSSR count). The van der Waals surface area contributed by atoms with Gasteiger partial charge in [0, 0.05) is 18.6 Å². The summed E-state index contributed by atoms with van der Waals surface area (Å²) in [5.41, 5.74) is 1.89. The number of para-hydroxylation sites is 2. The Morgan fingerprint density at radius 2 is 1.92 bits per heavy atom. The highest BCUT2D eigenvalue weighted by Crippen LogP contribution is 2.36. The maximum atomic E-state index is 13.3. The normalized spacial score (nSPS) is 19.1. The predicted octanol–water partition coefficient (Wildman–Crippen LogP) is 4.14. The summed E-state index contributed by atoms with van der Waals surface area (Å²) in [5.74, 6) is 0.788. The van der Waals surface area contributed by atoms with Gasteiger partial charge in [-0.2, -0.15) is 4.31 Å². The zero-order valence-corrected chi connectivity index (χ0v) is 16.0. The standard InChI is InChI=1S/C19H20ClN3O2S/c1-22-17-10-3-2-9-16(17)21-19(22)18-11-4-5-12-23(18)26(24,25)15-8-6-7-14(20)13-15/h2-3,6-10,13,18H,4-5,11-12H2,1H3/t18-/m0/s1. The first-order valence-electron chi connectivity index (χ1n) is 8.67. The van der Waals surface area contributed by atoms with Crippen molar-refractivity contribution in [1.82, 2.24) is 13.9 Å². The number of halogens is 1. The third-order valence-corrected chi connectivity index (χ3v) is 7.12. The summed E-state index contributed by atoms with van der Waals surface area (Å²) in [6.45, 7) is 0.489. The summed E-state index contributed by atoms with van der Waals surface area (Å²) < 4.78 is 30.2. The Balaban J connectivity index is 1.80. The lowest BCUT2D eigenvalue weighted by Crippen LogP contribution is -2.39. The van der Waals surface area contributed by atoms with Gasteiger partial charge in [0.1, 0.15) is 5.82 Å². The van der Waals surface area contributed by atoms with Crippen molar-refractivity contribution in [2.24, 2.45) is 7.05 Å². The van der Waals surface area contributed by atoms with Gasteiger partial charge in [0.15, 0.2) is 0 Å². The van der Waals surface area contributed by atoms with Crippen molar-refractivity contribution in [2.75, 3.05) is 6.54 Å². The molecule has 5 nitrogen and oxygen atoms in total. The summed E-state index contributed by atoms with van der Waals surface area (Å²) in [4.78, 5) is 4.97. The molecule has 0 saturated carbocycles. The number of rotatable bonds is 3. The molecule has 0 N–H and O–H groups in total. The molecule has 1 aliphatic heterocycles. The van der Waals surface area contributed by atoms with Crippen LogP contribution < -0.4 is 0 Å².